The second-order valence-corrected chi connectivity index (χ2v) is 7.36. The summed E-state index contributed by atoms with van der Waals surface area (Å²) in [6.07, 6.45) is 3.29. The standard InChI is InChI=1S/C21H24N6O2/c1-14-20(21-23-25-26-24-21)18(7-8-22-14)17-5-3-15(4-6-17)11-16-12-19(28)27(13-16)9-10-29-2/h3-8,16H,9-13H2,1-2H3,(H,23,24,25,26)/t16-/m0/s1. The van der Waals surface area contributed by atoms with Crippen molar-refractivity contribution in [2.45, 2.75) is 19.8 Å². The highest BCUT2D eigenvalue weighted by atomic mass is 16.5. The molecule has 0 saturated carbocycles. The Bertz CT molecular complexity index is 971. The normalized spacial score (nSPS) is 16.6. The number of aromatic amines is 1. The van der Waals surface area contributed by atoms with Gasteiger partial charge in [-0.1, -0.05) is 24.3 Å². The molecule has 2 aromatic heterocycles. The number of nitrogens with zero attached hydrogens (tertiary/aromatic N) is 5. The molecule has 0 bridgehead atoms. The molecule has 8 nitrogen and oxygen atoms in total. The summed E-state index contributed by atoms with van der Waals surface area (Å²) in [6.45, 7) is 4.00. The monoisotopic (exact) mass is 392 g/mol. The Morgan fingerprint density at radius 2 is 2.07 bits per heavy atom. The van der Waals surface area contributed by atoms with Crippen molar-refractivity contribution >= 4 is 5.91 Å². The zero-order valence-electron chi connectivity index (χ0n) is 16.6. The van der Waals surface area contributed by atoms with E-state index in [1.54, 1.807) is 13.3 Å². The van der Waals surface area contributed by atoms with E-state index in [0.29, 0.717) is 31.3 Å². The van der Waals surface area contributed by atoms with Crippen LogP contribution in [0.4, 0.5) is 0 Å². The first-order chi connectivity index (χ1) is 14.2. The fourth-order valence-electron chi connectivity index (χ4n) is 3.92. The van der Waals surface area contributed by atoms with E-state index in [9.17, 15) is 4.79 Å². The van der Waals surface area contributed by atoms with Crippen LogP contribution in [0.5, 0.6) is 0 Å². The van der Waals surface area contributed by atoms with Crippen molar-refractivity contribution in [2.24, 2.45) is 5.92 Å². The summed E-state index contributed by atoms with van der Waals surface area (Å²) < 4.78 is 5.09. The maximum absolute atomic E-state index is 12.1. The number of aromatic nitrogens is 5. The third-order valence-electron chi connectivity index (χ3n) is 5.36. The Hall–Kier alpha value is -3.13. The van der Waals surface area contributed by atoms with Crippen molar-refractivity contribution in [3.8, 4) is 22.5 Å². The number of tetrazole rings is 1. The molecule has 1 atom stereocenters. The number of hydrogen-bond acceptors (Lipinski definition) is 6. The van der Waals surface area contributed by atoms with Crippen LogP contribution in [0.3, 0.4) is 0 Å². The highest BCUT2D eigenvalue weighted by Gasteiger charge is 2.29. The molecule has 0 unspecified atom stereocenters. The first kappa shape index (κ1) is 19.2. The van der Waals surface area contributed by atoms with Gasteiger partial charge in [-0.05, 0) is 47.2 Å². The number of ether oxygens (including phenoxy) is 1. The predicted molar refractivity (Wildman–Crippen MR) is 108 cm³/mol. The van der Waals surface area contributed by atoms with E-state index in [0.717, 1.165) is 35.3 Å². The summed E-state index contributed by atoms with van der Waals surface area (Å²) >= 11 is 0. The number of rotatable bonds is 7. The van der Waals surface area contributed by atoms with E-state index < -0.39 is 0 Å². The quantitative estimate of drug-likeness (QED) is 0.663. The van der Waals surface area contributed by atoms with Gasteiger partial charge in [0, 0.05) is 38.5 Å². The van der Waals surface area contributed by atoms with Gasteiger partial charge in [-0.2, -0.15) is 5.21 Å². The maximum Gasteiger partial charge on any atom is 0.223 e. The minimum atomic E-state index is 0.223. The van der Waals surface area contributed by atoms with Gasteiger partial charge >= 0.3 is 0 Å². The average molecular weight is 392 g/mol. The lowest BCUT2D eigenvalue weighted by Gasteiger charge is -2.16. The molecule has 1 aliphatic heterocycles. The van der Waals surface area contributed by atoms with Crippen LogP contribution in [-0.2, 0) is 16.0 Å². The van der Waals surface area contributed by atoms with Gasteiger partial charge in [0.25, 0.3) is 0 Å². The summed E-state index contributed by atoms with van der Waals surface area (Å²) in [7, 11) is 1.66. The molecule has 1 aliphatic rings. The number of H-pyrrole nitrogens is 1. The molecule has 1 aromatic carbocycles. The fourth-order valence-corrected chi connectivity index (χ4v) is 3.92. The van der Waals surface area contributed by atoms with Gasteiger partial charge in [0.15, 0.2) is 0 Å². The lowest BCUT2D eigenvalue weighted by atomic mass is 9.94. The molecule has 4 rings (SSSR count). The maximum atomic E-state index is 12.1. The highest BCUT2D eigenvalue weighted by Crippen LogP contribution is 2.32. The van der Waals surface area contributed by atoms with Crippen LogP contribution in [0.1, 0.15) is 17.7 Å². The van der Waals surface area contributed by atoms with Crippen molar-refractivity contribution in [2.75, 3.05) is 26.8 Å². The highest BCUT2D eigenvalue weighted by molar-refractivity contribution is 5.81. The van der Waals surface area contributed by atoms with Crippen LogP contribution in [-0.4, -0.2) is 63.2 Å². The molecule has 150 valence electrons. The molecule has 0 spiro atoms. The van der Waals surface area contributed by atoms with E-state index in [-0.39, 0.29) is 5.91 Å². The van der Waals surface area contributed by atoms with E-state index in [2.05, 4.69) is 49.9 Å². The van der Waals surface area contributed by atoms with Crippen LogP contribution in [0.2, 0.25) is 0 Å². The molecule has 8 heteroatoms. The Balaban J connectivity index is 1.50. The zero-order chi connectivity index (χ0) is 20.2. The van der Waals surface area contributed by atoms with Crippen molar-refractivity contribution in [3.05, 3.63) is 47.8 Å². The number of benzene rings is 1. The van der Waals surface area contributed by atoms with E-state index in [1.807, 2.05) is 17.9 Å². The van der Waals surface area contributed by atoms with Crippen LogP contribution in [0.25, 0.3) is 22.5 Å². The number of amides is 1. The first-order valence-electron chi connectivity index (χ1n) is 9.71. The van der Waals surface area contributed by atoms with Crippen LogP contribution < -0.4 is 0 Å². The van der Waals surface area contributed by atoms with E-state index in [1.165, 1.54) is 5.56 Å². The Labute approximate surface area is 169 Å². The van der Waals surface area contributed by atoms with Crippen molar-refractivity contribution in [1.82, 2.24) is 30.5 Å². The number of carbonyl (C=O) groups is 1. The molecule has 3 aromatic rings. The minimum Gasteiger partial charge on any atom is -0.383 e. The molecule has 1 amide bonds. The van der Waals surface area contributed by atoms with E-state index in [4.69, 9.17) is 4.74 Å². The summed E-state index contributed by atoms with van der Waals surface area (Å²) in [5.41, 5.74) is 5.06. The molecule has 0 radical (unpaired) electrons. The van der Waals surface area contributed by atoms with Crippen molar-refractivity contribution < 1.29 is 9.53 Å². The summed E-state index contributed by atoms with van der Waals surface area (Å²) in [5.74, 6) is 1.11. The molecule has 1 N–H and O–H groups in total. The zero-order valence-corrected chi connectivity index (χ0v) is 16.6. The van der Waals surface area contributed by atoms with Crippen molar-refractivity contribution in [1.29, 1.82) is 0 Å². The second-order valence-electron chi connectivity index (χ2n) is 7.36. The number of methoxy groups -OCH3 is 1. The lowest BCUT2D eigenvalue weighted by molar-refractivity contribution is -0.128. The Morgan fingerprint density at radius 3 is 2.79 bits per heavy atom. The number of pyridine rings is 1. The minimum absolute atomic E-state index is 0.223. The van der Waals surface area contributed by atoms with E-state index >= 15 is 0 Å². The summed E-state index contributed by atoms with van der Waals surface area (Å²) in [5, 5.41) is 14.4. The van der Waals surface area contributed by atoms with Crippen molar-refractivity contribution in [3.63, 3.8) is 0 Å². The van der Waals surface area contributed by atoms with Gasteiger partial charge in [-0.3, -0.25) is 9.78 Å². The molecular weight excluding hydrogens is 368 g/mol. The lowest BCUT2D eigenvalue weighted by Crippen LogP contribution is -2.28. The van der Waals surface area contributed by atoms with Gasteiger partial charge in [0.2, 0.25) is 11.7 Å². The third kappa shape index (κ3) is 4.17. The Kier molecular flexibility index (Phi) is 5.62. The van der Waals surface area contributed by atoms with Gasteiger partial charge in [0.05, 0.1) is 12.2 Å². The van der Waals surface area contributed by atoms with Gasteiger partial charge in [0.1, 0.15) is 0 Å². The fraction of sp³-hybridized carbons (Fsp3) is 0.381. The molecule has 3 heterocycles. The molecule has 29 heavy (non-hydrogen) atoms. The number of likely N-dealkylation sites (tertiary alicyclic amines) is 1. The largest absolute Gasteiger partial charge is 0.383 e. The number of aryl methyl sites for hydroxylation is 1. The smallest absolute Gasteiger partial charge is 0.223 e. The molecule has 1 saturated heterocycles. The SMILES string of the molecule is COCCN1C[C@@H](Cc2ccc(-c3ccnc(C)c3-c3nn[nH]n3)cc2)CC1=O. The second kappa shape index (κ2) is 8.48. The summed E-state index contributed by atoms with van der Waals surface area (Å²) in [4.78, 5) is 18.4. The molecule has 1 fully saturated rings. The number of carbonyl (C=O) groups excluding carboxylic acids is 1. The van der Waals surface area contributed by atoms with Gasteiger partial charge < -0.3 is 9.64 Å². The molecule has 0 aliphatic carbocycles. The number of hydrogen-bond donors (Lipinski definition) is 1. The van der Waals surface area contributed by atoms with Crippen LogP contribution >= 0.6 is 0 Å². The van der Waals surface area contributed by atoms with Crippen LogP contribution in [0.15, 0.2) is 36.5 Å². The third-order valence-corrected chi connectivity index (χ3v) is 5.36. The Morgan fingerprint density at radius 1 is 1.24 bits per heavy atom. The molecular formula is C21H24N6O2. The average Bonchev–Trinajstić information content (AvgIpc) is 3.37. The summed E-state index contributed by atoms with van der Waals surface area (Å²) in [6, 6.07) is 10.4. The van der Waals surface area contributed by atoms with Crippen LogP contribution in [0, 0.1) is 12.8 Å². The first-order valence-corrected chi connectivity index (χ1v) is 9.71. The predicted octanol–water partition coefficient (Wildman–Crippen LogP) is 2.27. The van der Waals surface area contributed by atoms with Gasteiger partial charge in [-0.25, -0.2) is 0 Å². The number of nitrogens with one attached hydrogen (secondary N) is 1. The van der Waals surface area contributed by atoms with Gasteiger partial charge in [-0.15, -0.1) is 10.2 Å². The topological polar surface area (TPSA) is 96.9 Å².